The van der Waals surface area contributed by atoms with E-state index in [1.54, 1.807) is 11.0 Å². The molecule has 5 heteroatoms. The number of nitrogens with zero attached hydrogens (tertiary/aromatic N) is 2. The van der Waals surface area contributed by atoms with Crippen molar-refractivity contribution in [1.29, 1.82) is 5.26 Å². The highest BCUT2D eigenvalue weighted by Gasteiger charge is 2.13. The van der Waals surface area contributed by atoms with Crippen molar-refractivity contribution < 1.29 is 9.53 Å². The molecule has 0 aliphatic rings. The second-order valence-electron chi connectivity index (χ2n) is 6.46. The molecule has 146 valence electrons. The van der Waals surface area contributed by atoms with Crippen molar-refractivity contribution >= 4 is 17.3 Å². The van der Waals surface area contributed by atoms with E-state index in [9.17, 15) is 4.79 Å². The number of ether oxygens (including phenoxy) is 1. The number of likely N-dealkylation sites (N-methyl/N-ethyl adjacent to an activating group) is 1. The Kier molecular flexibility index (Phi) is 6.85. The molecule has 1 N–H and O–H groups in total. The molecule has 0 heterocycles. The predicted molar refractivity (Wildman–Crippen MR) is 115 cm³/mol. The number of amides is 1. The second-order valence-corrected chi connectivity index (χ2v) is 6.46. The van der Waals surface area contributed by atoms with Gasteiger partial charge in [0.05, 0.1) is 18.2 Å². The van der Waals surface area contributed by atoms with Crippen LogP contribution in [-0.4, -0.2) is 19.0 Å². The van der Waals surface area contributed by atoms with Crippen LogP contribution in [0.4, 0.5) is 11.4 Å². The van der Waals surface area contributed by atoms with Crippen LogP contribution in [0.3, 0.4) is 0 Å². The monoisotopic (exact) mass is 385 g/mol. The van der Waals surface area contributed by atoms with E-state index in [-0.39, 0.29) is 12.5 Å². The number of anilines is 2. The van der Waals surface area contributed by atoms with E-state index >= 15 is 0 Å². The molecule has 0 aromatic heterocycles. The highest BCUT2D eigenvalue weighted by Crippen LogP contribution is 2.19. The molecule has 0 spiro atoms. The Bertz CT molecular complexity index is 996. The summed E-state index contributed by atoms with van der Waals surface area (Å²) in [5.74, 6) is 0.693. The molecule has 0 unspecified atom stereocenters. The molecule has 0 radical (unpaired) electrons. The first kappa shape index (κ1) is 20.0. The molecule has 0 atom stereocenters. The van der Waals surface area contributed by atoms with Crippen molar-refractivity contribution in [2.24, 2.45) is 0 Å². The van der Waals surface area contributed by atoms with E-state index < -0.39 is 0 Å². The standard InChI is InChI=1S/C24H23N3O2/c1-2-27(22-11-4-3-5-12-22)24(28)17-26-21-10-7-13-23(15-21)29-18-20-9-6-8-19(14-20)16-25/h3-15,26H,2,17-18H2,1H3. The van der Waals surface area contributed by atoms with Crippen molar-refractivity contribution in [2.75, 3.05) is 23.3 Å². The Balaban J connectivity index is 1.58. The molecule has 0 aliphatic heterocycles. The molecule has 0 bridgehead atoms. The predicted octanol–water partition coefficient (Wildman–Crippen LogP) is 4.60. The minimum atomic E-state index is -0.00154. The number of carbonyl (C=O) groups is 1. The summed E-state index contributed by atoms with van der Waals surface area (Å²) in [5, 5.41) is 12.2. The van der Waals surface area contributed by atoms with Gasteiger partial charge in [-0.3, -0.25) is 4.79 Å². The van der Waals surface area contributed by atoms with Crippen LogP contribution < -0.4 is 15.0 Å². The van der Waals surface area contributed by atoms with Crippen LogP contribution in [0.25, 0.3) is 0 Å². The minimum absolute atomic E-state index is 0.00154. The summed E-state index contributed by atoms with van der Waals surface area (Å²) in [6.07, 6.45) is 0. The van der Waals surface area contributed by atoms with Gasteiger partial charge in [-0.15, -0.1) is 0 Å². The van der Waals surface area contributed by atoms with Gasteiger partial charge in [0.15, 0.2) is 0 Å². The highest BCUT2D eigenvalue weighted by molar-refractivity contribution is 5.96. The Morgan fingerprint density at radius 3 is 2.59 bits per heavy atom. The lowest BCUT2D eigenvalue weighted by molar-refractivity contribution is -0.116. The Morgan fingerprint density at radius 1 is 1.03 bits per heavy atom. The molecular formula is C24H23N3O2. The van der Waals surface area contributed by atoms with Crippen LogP contribution in [0.2, 0.25) is 0 Å². The van der Waals surface area contributed by atoms with Gasteiger partial charge in [-0.05, 0) is 48.9 Å². The fourth-order valence-corrected chi connectivity index (χ4v) is 2.98. The van der Waals surface area contributed by atoms with Gasteiger partial charge < -0.3 is 15.0 Å². The third kappa shape index (κ3) is 5.60. The average molecular weight is 385 g/mol. The molecule has 5 nitrogen and oxygen atoms in total. The van der Waals surface area contributed by atoms with E-state index in [0.717, 1.165) is 16.9 Å². The SMILES string of the molecule is CCN(C(=O)CNc1cccc(OCc2cccc(C#N)c2)c1)c1ccccc1. The summed E-state index contributed by atoms with van der Waals surface area (Å²) in [7, 11) is 0. The zero-order chi connectivity index (χ0) is 20.5. The fraction of sp³-hybridized carbons (Fsp3) is 0.167. The van der Waals surface area contributed by atoms with Crippen molar-refractivity contribution in [3.63, 3.8) is 0 Å². The van der Waals surface area contributed by atoms with Crippen LogP contribution in [-0.2, 0) is 11.4 Å². The van der Waals surface area contributed by atoms with E-state index in [0.29, 0.717) is 24.5 Å². The van der Waals surface area contributed by atoms with Gasteiger partial charge in [0.25, 0.3) is 0 Å². The Morgan fingerprint density at radius 2 is 1.83 bits per heavy atom. The smallest absolute Gasteiger partial charge is 0.246 e. The lowest BCUT2D eigenvalue weighted by atomic mass is 10.1. The third-order valence-corrected chi connectivity index (χ3v) is 4.42. The molecule has 0 aliphatic carbocycles. The van der Waals surface area contributed by atoms with Gasteiger partial charge in [-0.2, -0.15) is 5.26 Å². The van der Waals surface area contributed by atoms with E-state index in [1.807, 2.05) is 79.7 Å². The van der Waals surface area contributed by atoms with Crippen LogP contribution in [0.15, 0.2) is 78.9 Å². The van der Waals surface area contributed by atoms with E-state index in [1.165, 1.54) is 0 Å². The topological polar surface area (TPSA) is 65.4 Å². The molecule has 0 saturated heterocycles. The number of nitrogens with one attached hydrogen (secondary N) is 1. The molecule has 3 aromatic rings. The third-order valence-electron chi connectivity index (χ3n) is 4.42. The zero-order valence-corrected chi connectivity index (χ0v) is 16.3. The lowest BCUT2D eigenvalue weighted by Gasteiger charge is -2.21. The first-order valence-electron chi connectivity index (χ1n) is 9.51. The molecule has 0 fully saturated rings. The molecule has 0 saturated carbocycles. The summed E-state index contributed by atoms with van der Waals surface area (Å²) < 4.78 is 5.83. The maximum absolute atomic E-state index is 12.6. The second kappa shape index (κ2) is 9.95. The molecule has 3 aromatic carbocycles. The number of benzene rings is 3. The zero-order valence-electron chi connectivity index (χ0n) is 16.3. The molecule has 3 rings (SSSR count). The van der Waals surface area contributed by atoms with Crippen LogP contribution >= 0.6 is 0 Å². The fourth-order valence-electron chi connectivity index (χ4n) is 2.98. The van der Waals surface area contributed by atoms with Gasteiger partial charge >= 0.3 is 0 Å². The maximum atomic E-state index is 12.6. The summed E-state index contributed by atoms with van der Waals surface area (Å²) in [6, 6.07) is 26.6. The number of nitriles is 1. The van der Waals surface area contributed by atoms with Crippen LogP contribution in [0, 0.1) is 11.3 Å². The quantitative estimate of drug-likeness (QED) is 0.615. The number of hydrogen-bond acceptors (Lipinski definition) is 4. The van der Waals surface area contributed by atoms with E-state index in [2.05, 4.69) is 11.4 Å². The normalized spacial score (nSPS) is 10.1. The highest BCUT2D eigenvalue weighted by atomic mass is 16.5. The van der Waals surface area contributed by atoms with Gasteiger partial charge in [0.1, 0.15) is 12.4 Å². The molecular weight excluding hydrogens is 362 g/mol. The first-order chi connectivity index (χ1) is 14.2. The summed E-state index contributed by atoms with van der Waals surface area (Å²) in [6.45, 7) is 3.13. The van der Waals surface area contributed by atoms with Gasteiger partial charge in [-0.25, -0.2) is 0 Å². The number of carbonyl (C=O) groups excluding carboxylic acids is 1. The summed E-state index contributed by atoms with van der Waals surface area (Å²) in [5.41, 5.74) is 3.24. The summed E-state index contributed by atoms with van der Waals surface area (Å²) in [4.78, 5) is 14.4. The van der Waals surface area contributed by atoms with Gasteiger partial charge in [0.2, 0.25) is 5.91 Å². The number of rotatable bonds is 8. The van der Waals surface area contributed by atoms with Crippen LogP contribution in [0.5, 0.6) is 5.75 Å². The van der Waals surface area contributed by atoms with Crippen molar-refractivity contribution in [1.82, 2.24) is 0 Å². The Labute approximate surface area is 171 Å². The minimum Gasteiger partial charge on any atom is -0.489 e. The molecule has 29 heavy (non-hydrogen) atoms. The first-order valence-corrected chi connectivity index (χ1v) is 9.51. The van der Waals surface area contributed by atoms with Crippen molar-refractivity contribution in [3.05, 3.63) is 90.0 Å². The van der Waals surface area contributed by atoms with Crippen molar-refractivity contribution in [2.45, 2.75) is 13.5 Å². The van der Waals surface area contributed by atoms with E-state index in [4.69, 9.17) is 10.00 Å². The largest absolute Gasteiger partial charge is 0.489 e. The number of hydrogen-bond donors (Lipinski definition) is 1. The van der Waals surface area contributed by atoms with Gasteiger partial charge in [0, 0.05) is 24.0 Å². The lowest BCUT2D eigenvalue weighted by Crippen LogP contribution is -2.35. The van der Waals surface area contributed by atoms with Crippen LogP contribution in [0.1, 0.15) is 18.1 Å². The molecule has 1 amide bonds. The maximum Gasteiger partial charge on any atom is 0.246 e. The number of para-hydroxylation sites is 1. The Hall–Kier alpha value is -3.78. The van der Waals surface area contributed by atoms with Crippen molar-refractivity contribution in [3.8, 4) is 11.8 Å². The summed E-state index contributed by atoms with van der Waals surface area (Å²) >= 11 is 0. The van der Waals surface area contributed by atoms with Gasteiger partial charge in [-0.1, -0.05) is 36.4 Å². The average Bonchev–Trinajstić information content (AvgIpc) is 2.78.